The summed E-state index contributed by atoms with van der Waals surface area (Å²) >= 11 is 0. The van der Waals surface area contributed by atoms with Crippen LogP contribution in [0.4, 0.5) is 0 Å². The predicted octanol–water partition coefficient (Wildman–Crippen LogP) is 1.75. The van der Waals surface area contributed by atoms with Gasteiger partial charge in [0.25, 0.3) is 5.91 Å². The van der Waals surface area contributed by atoms with Gasteiger partial charge in [-0.1, -0.05) is 30.3 Å². The van der Waals surface area contributed by atoms with Gasteiger partial charge in [-0.2, -0.15) is 0 Å². The lowest BCUT2D eigenvalue weighted by molar-refractivity contribution is -0.133. The Balaban J connectivity index is 1.81. The van der Waals surface area contributed by atoms with Gasteiger partial charge in [-0.3, -0.25) is 4.79 Å². The zero-order valence-corrected chi connectivity index (χ0v) is 9.13. The van der Waals surface area contributed by atoms with E-state index in [-0.39, 0.29) is 18.1 Å². The smallest absolute Gasteiger partial charge is 0.254 e. The van der Waals surface area contributed by atoms with Crippen molar-refractivity contribution in [3.05, 3.63) is 35.9 Å². The van der Waals surface area contributed by atoms with Gasteiger partial charge in [0.05, 0.1) is 12.6 Å². The second-order valence-corrected chi connectivity index (χ2v) is 4.42. The van der Waals surface area contributed by atoms with E-state index in [0.29, 0.717) is 6.61 Å². The Morgan fingerprint density at radius 1 is 1.31 bits per heavy atom. The molecule has 1 amide bonds. The van der Waals surface area contributed by atoms with E-state index >= 15 is 0 Å². The van der Waals surface area contributed by atoms with Gasteiger partial charge >= 0.3 is 0 Å². The largest absolute Gasteiger partial charge is 0.363 e. The van der Waals surface area contributed by atoms with Crippen LogP contribution in [-0.2, 0) is 9.53 Å². The first-order chi connectivity index (χ1) is 7.86. The summed E-state index contributed by atoms with van der Waals surface area (Å²) < 4.78 is 5.08. The Hall–Kier alpha value is -1.35. The van der Waals surface area contributed by atoms with Gasteiger partial charge in [-0.05, 0) is 18.4 Å². The summed E-state index contributed by atoms with van der Waals surface area (Å²) in [6, 6.07) is 10.5. The highest BCUT2D eigenvalue weighted by atomic mass is 16.6. The molecule has 2 fully saturated rings. The molecule has 0 aromatic heterocycles. The van der Waals surface area contributed by atoms with Crippen molar-refractivity contribution < 1.29 is 9.53 Å². The fourth-order valence-corrected chi connectivity index (χ4v) is 2.43. The van der Waals surface area contributed by atoms with Gasteiger partial charge in [0, 0.05) is 6.54 Å². The molecule has 0 N–H and O–H groups in total. The van der Waals surface area contributed by atoms with Crippen LogP contribution in [-0.4, -0.2) is 30.1 Å². The maximum Gasteiger partial charge on any atom is 0.254 e. The summed E-state index contributed by atoms with van der Waals surface area (Å²) in [7, 11) is 0. The van der Waals surface area contributed by atoms with Crippen LogP contribution >= 0.6 is 0 Å². The lowest BCUT2D eigenvalue weighted by atomic mass is 10.0. The third kappa shape index (κ3) is 1.71. The Kier molecular flexibility index (Phi) is 2.40. The van der Waals surface area contributed by atoms with Crippen molar-refractivity contribution in [2.45, 2.75) is 25.0 Å². The second kappa shape index (κ2) is 3.91. The second-order valence-electron chi connectivity index (χ2n) is 4.42. The van der Waals surface area contributed by atoms with Crippen molar-refractivity contribution in [1.29, 1.82) is 0 Å². The van der Waals surface area contributed by atoms with Crippen LogP contribution in [0.15, 0.2) is 30.3 Å². The maximum atomic E-state index is 12.0. The highest BCUT2D eigenvalue weighted by Crippen LogP contribution is 2.33. The van der Waals surface area contributed by atoms with Gasteiger partial charge in [-0.15, -0.1) is 0 Å². The van der Waals surface area contributed by atoms with Crippen molar-refractivity contribution in [3.63, 3.8) is 0 Å². The molecule has 3 rings (SSSR count). The summed E-state index contributed by atoms with van der Waals surface area (Å²) in [6.45, 7) is 1.48. The lowest BCUT2D eigenvalue weighted by Gasteiger charge is -2.24. The summed E-state index contributed by atoms with van der Waals surface area (Å²) in [5.74, 6) is 0.173. The average molecular weight is 217 g/mol. The fourth-order valence-electron chi connectivity index (χ4n) is 2.43. The van der Waals surface area contributed by atoms with Crippen molar-refractivity contribution in [2.24, 2.45) is 0 Å². The standard InChI is InChI=1S/C13H15NO2/c15-13(12-9-16-12)14-8-4-7-11(14)10-5-2-1-3-6-10/h1-3,5-6,11-12H,4,7-9H2. The summed E-state index contributed by atoms with van der Waals surface area (Å²) in [5.41, 5.74) is 1.24. The highest BCUT2D eigenvalue weighted by Gasteiger charge is 2.39. The average Bonchev–Trinajstić information content (AvgIpc) is 3.06. The maximum absolute atomic E-state index is 12.0. The molecule has 2 aliphatic rings. The Labute approximate surface area is 95.0 Å². The number of nitrogens with zero attached hydrogens (tertiary/aromatic N) is 1. The Morgan fingerprint density at radius 2 is 2.06 bits per heavy atom. The molecule has 16 heavy (non-hydrogen) atoms. The predicted molar refractivity (Wildman–Crippen MR) is 59.9 cm³/mol. The lowest BCUT2D eigenvalue weighted by Crippen LogP contribution is -2.33. The zero-order valence-electron chi connectivity index (χ0n) is 9.13. The zero-order chi connectivity index (χ0) is 11.0. The number of carbonyl (C=O) groups is 1. The van der Waals surface area contributed by atoms with Crippen molar-refractivity contribution >= 4 is 5.91 Å². The Bertz CT molecular complexity index is 386. The number of ether oxygens (including phenoxy) is 1. The monoisotopic (exact) mass is 217 g/mol. The third-order valence-corrected chi connectivity index (χ3v) is 3.33. The van der Waals surface area contributed by atoms with Gasteiger partial charge in [0.2, 0.25) is 0 Å². The summed E-state index contributed by atoms with van der Waals surface area (Å²) in [4.78, 5) is 14.0. The first-order valence-electron chi connectivity index (χ1n) is 5.83. The molecule has 3 nitrogen and oxygen atoms in total. The molecule has 1 aromatic rings. The number of carbonyl (C=O) groups excluding carboxylic acids is 1. The molecule has 0 aliphatic carbocycles. The molecule has 3 heteroatoms. The van der Waals surface area contributed by atoms with E-state index in [9.17, 15) is 4.79 Å². The van der Waals surface area contributed by atoms with Crippen LogP contribution in [0.1, 0.15) is 24.4 Å². The van der Waals surface area contributed by atoms with Crippen molar-refractivity contribution in [1.82, 2.24) is 4.90 Å². The molecule has 2 atom stereocenters. The molecule has 1 aromatic carbocycles. The molecule has 2 aliphatic heterocycles. The number of hydrogen-bond donors (Lipinski definition) is 0. The minimum atomic E-state index is -0.149. The minimum absolute atomic E-state index is 0.149. The van der Waals surface area contributed by atoms with E-state index in [1.54, 1.807) is 0 Å². The third-order valence-electron chi connectivity index (χ3n) is 3.33. The van der Waals surface area contributed by atoms with Crippen LogP contribution in [0.25, 0.3) is 0 Å². The highest BCUT2D eigenvalue weighted by molar-refractivity contribution is 5.83. The number of amides is 1. The molecular weight excluding hydrogens is 202 g/mol. The quantitative estimate of drug-likeness (QED) is 0.707. The molecule has 84 valence electrons. The van der Waals surface area contributed by atoms with E-state index < -0.39 is 0 Å². The first-order valence-corrected chi connectivity index (χ1v) is 5.83. The number of rotatable bonds is 2. The van der Waals surface area contributed by atoms with E-state index in [1.165, 1.54) is 5.56 Å². The van der Waals surface area contributed by atoms with Crippen LogP contribution in [0.3, 0.4) is 0 Å². The van der Waals surface area contributed by atoms with Crippen LogP contribution in [0.5, 0.6) is 0 Å². The first kappa shape index (κ1) is 9.85. The fraction of sp³-hybridized carbons (Fsp3) is 0.462. The van der Waals surface area contributed by atoms with Crippen molar-refractivity contribution in [3.8, 4) is 0 Å². The number of benzene rings is 1. The van der Waals surface area contributed by atoms with Crippen LogP contribution in [0.2, 0.25) is 0 Å². The van der Waals surface area contributed by atoms with Gasteiger partial charge in [0.15, 0.2) is 6.10 Å². The van der Waals surface area contributed by atoms with E-state index in [2.05, 4.69) is 12.1 Å². The number of epoxide rings is 1. The molecule has 0 bridgehead atoms. The number of hydrogen-bond acceptors (Lipinski definition) is 2. The molecule has 0 radical (unpaired) electrons. The topological polar surface area (TPSA) is 32.8 Å². The Morgan fingerprint density at radius 3 is 2.75 bits per heavy atom. The van der Waals surface area contributed by atoms with E-state index in [0.717, 1.165) is 19.4 Å². The van der Waals surface area contributed by atoms with Gasteiger partial charge in [-0.25, -0.2) is 0 Å². The molecule has 0 saturated carbocycles. The number of likely N-dealkylation sites (tertiary alicyclic amines) is 1. The van der Waals surface area contributed by atoms with Gasteiger partial charge < -0.3 is 9.64 Å². The SMILES string of the molecule is O=C(C1CO1)N1CCCC1c1ccccc1. The van der Waals surface area contributed by atoms with E-state index in [4.69, 9.17) is 4.74 Å². The minimum Gasteiger partial charge on any atom is -0.363 e. The van der Waals surface area contributed by atoms with Crippen LogP contribution < -0.4 is 0 Å². The molecule has 0 spiro atoms. The molecule has 2 saturated heterocycles. The molecule has 2 heterocycles. The molecular formula is C13H15NO2. The molecule has 2 unspecified atom stereocenters. The van der Waals surface area contributed by atoms with Gasteiger partial charge in [0.1, 0.15) is 0 Å². The summed E-state index contributed by atoms with van der Waals surface area (Å²) in [6.07, 6.45) is 2.02. The van der Waals surface area contributed by atoms with E-state index in [1.807, 2.05) is 23.1 Å². The van der Waals surface area contributed by atoms with Crippen molar-refractivity contribution in [2.75, 3.05) is 13.2 Å². The summed E-state index contributed by atoms with van der Waals surface area (Å²) in [5, 5.41) is 0. The normalized spacial score (nSPS) is 28.1. The van der Waals surface area contributed by atoms with Crippen LogP contribution in [0, 0.1) is 0 Å².